The van der Waals surface area contributed by atoms with Crippen LogP contribution in [0.4, 0.5) is 5.69 Å². The maximum atomic E-state index is 5.35. The molecule has 1 aliphatic rings. The molecule has 0 radical (unpaired) electrons. The molecule has 1 aromatic heterocycles. The van der Waals surface area contributed by atoms with Crippen molar-refractivity contribution < 1.29 is 4.74 Å². The quantitative estimate of drug-likeness (QED) is 0.865. The van der Waals surface area contributed by atoms with E-state index in [4.69, 9.17) is 4.74 Å². The standard InChI is InChI=1S/C14H17N3O/c1-18-13-5-4-12(17-10-6-8-15-9-10)11-3-2-7-16-14(11)13/h2-5,7,10,15,17H,6,8-9H2,1H3/t10-/m0/s1. The lowest BCUT2D eigenvalue weighted by Gasteiger charge is -2.16. The van der Waals surface area contributed by atoms with Gasteiger partial charge in [-0.25, -0.2) is 0 Å². The summed E-state index contributed by atoms with van der Waals surface area (Å²) in [6.07, 6.45) is 2.96. The Labute approximate surface area is 106 Å². The molecule has 0 amide bonds. The summed E-state index contributed by atoms with van der Waals surface area (Å²) in [5, 5.41) is 8.05. The fourth-order valence-electron chi connectivity index (χ4n) is 2.44. The van der Waals surface area contributed by atoms with Crippen molar-refractivity contribution in [3.8, 4) is 5.75 Å². The van der Waals surface area contributed by atoms with Gasteiger partial charge in [0.05, 0.1) is 7.11 Å². The van der Waals surface area contributed by atoms with Gasteiger partial charge >= 0.3 is 0 Å². The molecule has 1 saturated heterocycles. The number of nitrogens with one attached hydrogen (secondary N) is 2. The Hall–Kier alpha value is -1.81. The monoisotopic (exact) mass is 243 g/mol. The highest BCUT2D eigenvalue weighted by Crippen LogP contribution is 2.30. The largest absolute Gasteiger partial charge is 0.494 e. The molecule has 1 atom stereocenters. The van der Waals surface area contributed by atoms with E-state index >= 15 is 0 Å². The molecule has 0 bridgehead atoms. The summed E-state index contributed by atoms with van der Waals surface area (Å²) in [7, 11) is 1.68. The van der Waals surface area contributed by atoms with Gasteiger partial charge in [0.15, 0.2) is 0 Å². The van der Waals surface area contributed by atoms with Crippen molar-refractivity contribution in [1.29, 1.82) is 0 Å². The average molecular weight is 243 g/mol. The van der Waals surface area contributed by atoms with Crippen LogP contribution >= 0.6 is 0 Å². The van der Waals surface area contributed by atoms with Crippen molar-refractivity contribution in [2.75, 3.05) is 25.5 Å². The number of nitrogens with zero attached hydrogens (tertiary/aromatic N) is 1. The first-order valence-electron chi connectivity index (χ1n) is 6.27. The van der Waals surface area contributed by atoms with Crippen LogP contribution in [0, 0.1) is 0 Å². The van der Waals surface area contributed by atoms with E-state index in [1.165, 1.54) is 0 Å². The van der Waals surface area contributed by atoms with Crippen molar-refractivity contribution in [2.24, 2.45) is 0 Å². The molecular weight excluding hydrogens is 226 g/mol. The van der Waals surface area contributed by atoms with Gasteiger partial charge in [0.25, 0.3) is 0 Å². The van der Waals surface area contributed by atoms with Crippen LogP contribution in [-0.2, 0) is 0 Å². The third-order valence-corrected chi connectivity index (χ3v) is 3.37. The van der Waals surface area contributed by atoms with E-state index in [0.29, 0.717) is 6.04 Å². The van der Waals surface area contributed by atoms with Crippen LogP contribution in [0.2, 0.25) is 0 Å². The van der Waals surface area contributed by atoms with E-state index < -0.39 is 0 Å². The maximum absolute atomic E-state index is 5.35. The molecule has 1 aromatic carbocycles. The number of fused-ring (bicyclic) bond motifs is 1. The molecule has 4 nitrogen and oxygen atoms in total. The van der Waals surface area contributed by atoms with Crippen LogP contribution in [0.5, 0.6) is 5.75 Å². The van der Waals surface area contributed by atoms with Gasteiger partial charge in [0.2, 0.25) is 0 Å². The average Bonchev–Trinajstić information content (AvgIpc) is 2.92. The fraction of sp³-hybridized carbons (Fsp3) is 0.357. The number of hydrogen-bond acceptors (Lipinski definition) is 4. The van der Waals surface area contributed by atoms with Gasteiger partial charge in [0, 0.05) is 29.9 Å². The predicted molar refractivity (Wildman–Crippen MR) is 73.2 cm³/mol. The zero-order valence-electron chi connectivity index (χ0n) is 10.4. The number of rotatable bonds is 3. The van der Waals surface area contributed by atoms with Gasteiger partial charge in [-0.1, -0.05) is 0 Å². The summed E-state index contributed by atoms with van der Waals surface area (Å²) in [6.45, 7) is 2.11. The summed E-state index contributed by atoms with van der Waals surface area (Å²) >= 11 is 0. The minimum atomic E-state index is 0.502. The summed E-state index contributed by atoms with van der Waals surface area (Å²) < 4.78 is 5.35. The number of hydrogen-bond donors (Lipinski definition) is 2. The second-order valence-electron chi connectivity index (χ2n) is 4.55. The van der Waals surface area contributed by atoms with E-state index in [0.717, 1.165) is 41.9 Å². The number of benzene rings is 1. The molecular formula is C14H17N3O. The second-order valence-corrected chi connectivity index (χ2v) is 4.55. The fourth-order valence-corrected chi connectivity index (χ4v) is 2.44. The maximum Gasteiger partial charge on any atom is 0.145 e. The molecule has 1 aliphatic heterocycles. The Morgan fingerprint density at radius 1 is 1.39 bits per heavy atom. The third-order valence-electron chi connectivity index (χ3n) is 3.37. The van der Waals surface area contributed by atoms with E-state index in [1.54, 1.807) is 13.3 Å². The smallest absolute Gasteiger partial charge is 0.145 e. The van der Waals surface area contributed by atoms with Gasteiger partial charge in [-0.2, -0.15) is 0 Å². The summed E-state index contributed by atoms with van der Waals surface area (Å²) in [6, 6.07) is 8.58. The molecule has 3 rings (SSSR count). The number of anilines is 1. The highest BCUT2D eigenvalue weighted by atomic mass is 16.5. The lowest BCUT2D eigenvalue weighted by Crippen LogP contribution is -2.22. The zero-order chi connectivity index (χ0) is 12.4. The van der Waals surface area contributed by atoms with Crippen molar-refractivity contribution in [3.63, 3.8) is 0 Å². The lowest BCUT2D eigenvalue weighted by atomic mass is 10.1. The van der Waals surface area contributed by atoms with Crippen LogP contribution in [0.15, 0.2) is 30.5 Å². The Morgan fingerprint density at radius 2 is 2.33 bits per heavy atom. The first kappa shape index (κ1) is 11.3. The van der Waals surface area contributed by atoms with E-state index in [-0.39, 0.29) is 0 Å². The second kappa shape index (κ2) is 4.82. The topological polar surface area (TPSA) is 46.2 Å². The van der Waals surface area contributed by atoms with Crippen LogP contribution in [0.3, 0.4) is 0 Å². The molecule has 2 aromatic rings. The Bertz CT molecular complexity index is 550. The summed E-state index contributed by atoms with van der Waals surface area (Å²) in [5.74, 6) is 0.820. The van der Waals surface area contributed by atoms with Gasteiger partial charge in [-0.15, -0.1) is 0 Å². The predicted octanol–water partition coefficient (Wildman–Crippen LogP) is 2.02. The number of methoxy groups -OCH3 is 1. The van der Waals surface area contributed by atoms with Crippen molar-refractivity contribution in [1.82, 2.24) is 10.3 Å². The van der Waals surface area contributed by atoms with Crippen LogP contribution in [-0.4, -0.2) is 31.2 Å². The molecule has 0 unspecified atom stereocenters. The molecule has 2 N–H and O–H groups in total. The minimum Gasteiger partial charge on any atom is -0.494 e. The summed E-state index contributed by atoms with van der Waals surface area (Å²) in [4.78, 5) is 4.41. The number of pyridine rings is 1. The van der Waals surface area contributed by atoms with Gasteiger partial charge in [-0.05, 0) is 37.2 Å². The lowest BCUT2D eigenvalue weighted by molar-refractivity contribution is 0.419. The van der Waals surface area contributed by atoms with Crippen LogP contribution in [0.1, 0.15) is 6.42 Å². The van der Waals surface area contributed by atoms with Crippen LogP contribution < -0.4 is 15.4 Å². The minimum absolute atomic E-state index is 0.502. The Kier molecular flexibility index (Phi) is 3.02. The molecule has 2 heterocycles. The third kappa shape index (κ3) is 1.99. The Balaban J connectivity index is 2.01. The van der Waals surface area contributed by atoms with Gasteiger partial charge < -0.3 is 15.4 Å². The van der Waals surface area contributed by atoms with Gasteiger partial charge in [-0.3, -0.25) is 4.98 Å². The van der Waals surface area contributed by atoms with Crippen LogP contribution in [0.25, 0.3) is 10.9 Å². The SMILES string of the molecule is COc1ccc(N[C@H]2CCNC2)c2cccnc12. The van der Waals surface area contributed by atoms with Gasteiger partial charge in [0.1, 0.15) is 11.3 Å². The first-order valence-corrected chi connectivity index (χ1v) is 6.27. The van der Waals surface area contributed by atoms with E-state index in [9.17, 15) is 0 Å². The Morgan fingerprint density at radius 3 is 3.11 bits per heavy atom. The van der Waals surface area contributed by atoms with Crippen molar-refractivity contribution in [3.05, 3.63) is 30.5 Å². The summed E-state index contributed by atoms with van der Waals surface area (Å²) in [5.41, 5.74) is 2.04. The zero-order valence-corrected chi connectivity index (χ0v) is 10.4. The first-order chi connectivity index (χ1) is 8.88. The van der Waals surface area contributed by atoms with Crippen molar-refractivity contribution in [2.45, 2.75) is 12.5 Å². The molecule has 0 saturated carbocycles. The molecule has 0 aliphatic carbocycles. The molecule has 1 fully saturated rings. The molecule has 18 heavy (non-hydrogen) atoms. The normalized spacial score (nSPS) is 19.1. The highest BCUT2D eigenvalue weighted by molar-refractivity contribution is 5.95. The number of ether oxygens (including phenoxy) is 1. The highest BCUT2D eigenvalue weighted by Gasteiger charge is 2.15. The molecule has 94 valence electrons. The van der Waals surface area contributed by atoms with E-state index in [2.05, 4.69) is 27.8 Å². The molecule has 4 heteroatoms. The van der Waals surface area contributed by atoms with Crippen molar-refractivity contribution >= 4 is 16.6 Å². The molecule has 0 spiro atoms. The number of aromatic nitrogens is 1. The van der Waals surface area contributed by atoms with E-state index in [1.807, 2.05) is 12.1 Å².